The average Bonchev–Trinajstić information content (AvgIpc) is 2.68. The van der Waals surface area contributed by atoms with Gasteiger partial charge in [0, 0.05) is 12.2 Å². The summed E-state index contributed by atoms with van der Waals surface area (Å²) < 4.78 is 0. The number of benzene rings is 1. The number of carboxylic acids is 1. The predicted molar refractivity (Wildman–Crippen MR) is 61.5 cm³/mol. The summed E-state index contributed by atoms with van der Waals surface area (Å²) in [5.74, 6) is -0.261. The number of aliphatic imine (C=N–C) groups is 1. The minimum atomic E-state index is -0.828. The number of rotatable bonds is 3. The van der Waals surface area contributed by atoms with Gasteiger partial charge in [-0.25, -0.2) is 4.79 Å². The molecule has 1 aromatic rings. The van der Waals surface area contributed by atoms with Crippen LogP contribution in [-0.2, 0) is 11.2 Å². The van der Waals surface area contributed by atoms with Crippen molar-refractivity contribution in [2.45, 2.75) is 12.5 Å². The van der Waals surface area contributed by atoms with Crippen LogP contribution in [0.2, 0.25) is 0 Å². The number of hydrogen-bond donors (Lipinski definition) is 1. The predicted octanol–water partition coefficient (Wildman–Crippen LogP) is 1.83. The molecule has 4 heteroatoms. The first-order valence-corrected chi connectivity index (χ1v) is 5.70. The molecule has 0 bridgehead atoms. The van der Waals surface area contributed by atoms with Crippen LogP contribution >= 0.6 is 11.8 Å². The van der Waals surface area contributed by atoms with Crippen LogP contribution in [0.15, 0.2) is 35.3 Å². The molecule has 0 aromatic heterocycles. The molecular formula is C11H11NO2S. The Kier molecular flexibility index (Phi) is 3.06. The molecule has 1 aromatic carbocycles. The van der Waals surface area contributed by atoms with Gasteiger partial charge in [-0.1, -0.05) is 30.3 Å². The van der Waals surface area contributed by atoms with Crippen LogP contribution in [0.1, 0.15) is 5.56 Å². The zero-order chi connectivity index (χ0) is 10.7. The number of hydrogen-bond acceptors (Lipinski definition) is 3. The normalized spacial score (nSPS) is 20.0. The van der Waals surface area contributed by atoms with Gasteiger partial charge in [0.15, 0.2) is 6.04 Å². The molecule has 1 aliphatic rings. The molecule has 0 amide bonds. The molecule has 1 aliphatic heterocycles. The lowest BCUT2D eigenvalue weighted by molar-refractivity contribution is -0.137. The largest absolute Gasteiger partial charge is 0.480 e. The Morgan fingerprint density at radius 2 is 2.20 bits per heavy atom. The van der Waals surface area contributed by atoms with Gasteiger partial charge in [0.1, 0.15) is 0 Å². The molecule has 0 unspecified atom stereocenters. The highest BCUT2D eigenvalue weighted by Gasteiger charge is 2.23. The molecule has 3 nitrogen and oxygen atoms in total. The van der Waals surface area contributed by atoms with Crippen LogP contribution in [0.3, 0.4) is 0 Å². The molecule has 0 radical (unpaired) electrons. The zero-order valence-corrected chi connectivity index (χ0v) is 8.91. The molecule has 0 saturated carbocycles. The lowest BCUT2D eigenvalue weighted by Crippen LogP contribution is -2.17. The maximum absolute atomic E-state index is 10.7. The van der Waals surface area contributed by atoms with E-state index in [1.165, 1.54) is 5.56 Å². The van der Waals surface area contributed by atoms with Crippen molar-refractivity contribution >= 4 is 22.8 Å². The minimum Gasteiger partial charge on any atom is -0.480 e. The van der Waals surface area contributed by atoms with Crippen molar-refractivity contribution in [3.8, 4) is 0 Å². The van der Waals surface area contributed by atoms with Crippen molar-refractivity contribution < 1.29 is 9.90 Å². The topological polar surface area (TPSA) is 49.7 Å². The van der Waals surface area contributed by atoms with Gasteiger partial charge in [-0.2, -0.15) is 0 Å². The second-order valence-electron chi connectivity index (χ2n) is 3.35. The molecule has 78 valence electrons. The summed E-state index contributed by atoms with van der Waals surface area (Å²) in [5.41, 5.74) is 1.18. The summed E-state index contributed by atoms with van der Waals surface area (Å²) in [5, 5.41) is 9.70. The van der Waals surface area contributed by atoms with E-state index in [0.29, 0.717) is 5.75 Å². The van der Waals surface area contributed by atoms with Crippen molar-refractivity contribution in [1.29, 1.82) is 0 Å². The summed E-state index contributed by atoms with van der Waals surface area (Å²) in [6.45, 7) is 0. The average molecular weight is 221 g/mol. The van der Waals surface area contributed by atoms with E-state index in [-0.39, 0.29) is 0 Å². The van der Waals surface area contributed by atoms with Crippen LogP contribution < -0.4 is 0 Å². The van der Waals surface area contributed by atoms with Crippen molar-refractivity contribution in [2.75, 3.05) is 5.75 Å². The molecule has 0 saturated heterocycles. The summed E-state index contributed by atoms with van der Waals surface area (Å²) >= 11 is 1.54. The molecule has 15 heavy (non-hydrogen) atoms. The lowest BCUT2D eigenvalue weighted by atomic mass is 10.2. The van der Waals surface area contributed by atoms with E-state index in [4.69, 9.17) is 5.11 Å². The lowest BCUT2D eigenvalue weighted by Gasteiger charge is -1.98. The quantitative estimate of drug-likeness (QED) is 0.847. The third-order valence-corrected chi connectivity index (χ3v) is 3.26. The fraction of sp³-hybridized carbons (Fsp3) is 0.273. The maximum Gasteiger partial charge on any atom is 0.329 e. The molecular weight excluding hydrogens is 210 g/mol. The second kappa shape index (κ2) is 4.49. The SMILES string of the molecule is O=C(O)[C@H]1CSC(Cc2ccccc2)=N1. The highest BCUT2D eigenvalue weighted by Crippen LogP contribution is 2.21. The molecule has 1 atom stereocenters. The summed E-state index contributed by atoms with van der Waals surface area (Å²) in [6.07, 6.45) is 0.745. The van der Waals surface area contributed by atoms with Gasteiger partial charge in [0.05, 0.1) is 5.04 Å². The van der Waals surface area contributed by atoms with E-state index in [1.54, 1.807) is 11.8 Å². The fourth-order valence-corrected chi connectivity index (χ4v) is 2.46. The van der Waals surface area contributed by atoms with Crippen LogP contribution in [0.25, 0.3) is 0 Å². The van der Waals surface area contributed by atoms with Gasteiger partial charge in [-0.15, -0.1) is 11.8 Å². The fourth-order valence-electron chi connectivity index (χ4n) is 1.42. The smallest absolute Gasteiger partial charge is 0.329 e. The third-order valence-electron chi connectivity index (χ3n) is 2.19. The highest BCUT2D eigenvalue weighted by molar-refractivity contribution is 8.14. The van der Waals surface area contributed by atoms with Crippen molar-refractivity contribution in [3.63, 3.8) is 0 Å². The number of nitrogens with zero attached hydrogens (tertiary/aromatic N) is 1. The van der Waals surface area contributed by atoms with Crippen molar-refractivity contribution in [2.24, 2.45) is 4.99 Å². The monoisotopic (exact) mass is 221 g/mol. The Morgan fingerprint density at radius 1 is 1.47 bits per heavy atom. The number of carboxylic acid groups (broad SMARTS) is 1. The van der Waals surface area contributed by atoms with Crippen LogP contribution in [0, 0.1) is 0 Å². The van der Waals surface area contributed by atoms with Crippen LogP contribution in [0.5, 0.6) is 0 Å². The Labute approximate surface area is 92.2 Å². The Hall–Kier alpha value is -1.29. The maximum atomic E-state index is 10.7. The van der Waals surface area contributed by atoms with Crippen molar-refractivity contribution in [3.05, 3.63) is 35.9 Å². The second-order valence-corrected chi connectivity index (χ2v) is 4.44. The number of thioether (sulfide) groups is 1. The first kappa shape index (κ1) is 10.2. The molecule has 1 N–H and O–H groups in total. The van der Waals surface area contributed by atoms with Gasteiger partial charge in [0.2, 0.25) is 0 Å². The zero-order valence-electron chi connectivity index (χ0n) is 8.09. The van der Waals surface area contributed by atoms with Crippen LogP contribution in [0.4, 0.5) is 0 Å². The van der Waals surface area contributed by atoms with E-state index in [2.05, 4.69) is 4.99 Å². The minimum absolute atomic E-state index is 0.547. The highest BCUT2D eigenvalue weighted by atomic mass is 32.2. The van der Waals surface area contributed by atoms with E-state index >= 15 is 0 Å². The summed E-state index contributed by atoms with van der Waals surface area (Å²) in [6, 6.07) is 9.42. The Morgan fingerprint density at radius 3 is 2.80 bits per heavy atom. The van der Waals surface area contributed by atoms with Crippen molar-refractivity contribution in [1.82, 2.24) is 0 Å². The van der Waals surface area contributed by atoms with E-state index in [1.807, 2.05) is 30.3 Å². The Balaban J connectivity index is 2.03. The first-order valence-electron chi connectivity index (χ1n) is 4.72. The third kappa shape index (κ3) is 2.59. The molecule has 2 rings (SSSR count). The number of aliphatic carboxylic acids is 1. The van der Waals surface area contributed by atoms with Gasteiger partial charge in [-0.3, -0.25) is 4.99 Å². The van der Waals surface area contributed by atoms with Gasteiger partial charge < -0.3 is 5.11 Å². The Bertz CT molecular complexity index is 389. The molecule has 1 heterocycles. The first-order chi connectivity index (χ1) is 7.25. The molecule has 0 spiro atoms. The van der Waals surface area contributed by atoms with Gasteiger partial charge >= 0.3 is 5.97 Å². The van der Waals surface area contributed by atoms with Crippen LogP contribution in [-0.4, -0.2) is 27.9 Å². The summed E-state index contributed by atoms with van der Waals surface area (Å²) in [4.78, 5) is 14.8. The molecule has 0 aliphatic carbocycles. The number of carbonyl (C=O) groups is 1. The molecule has 0 fully saturated rings. The van der Waals surface area contributed by atoms with Gasteiger partial charge in [0.25, 0.3) is 0 Å². The van der Waals surface area contributed by atoms with E-state index in [9.17, 15) is 4.79 Å². The standard InChI is InChI=1S/C11H11NO2S/c13-11(14)9-7-15-10(12-9)6-8-4-2-1-3-5-8/h1-5,9H,6-7H2,(H,13,14)/t9-/m1/s1. The summed E-state index contributed by atoms with van der Waals surface area (Å²) in [7, 11) is 0. The van der Waals surface area contributed by atoms with E-state index in [0.717, 1.165) is 11.5 Å². The van der Waals surface area contributed by atoms with E-state index < -0.39 is 12.0 Å². The van der Waals surface area contributed by atoms with Gasteiger partial charge in [-0.05, 0) is 5.56 Å².